The highest BCUT2D eigenvalue weighted by molar-refractivity contribution is 4.90. The van der Waals surface area contributed by atoms with Gasteiger partial charge in [-0.1, -0.05) is 0 Å². The molecular formula is C10H20N2. The van der Waals surface area contributed by atoms with Crippen LogP contribution in [0.5, 0.6) is 0 Å². The van der Waals surface area contributed by atoms with E-state index in [4.69, 9.17) is 0 Å². The molecule has 12 heavy (non-hydrogen) atoms. The molecule has 2 atom stereocenters. The molecule has 0 radical (unpaired) electrons. The van der Waals surface area contributed by atoms with E-state index in [1.807, 2.05) is 0 Å². The van der Waals surface area contributed by atoms with Gasteiger partial charge in [0.25, 0.3) is 0 Å². The largest absolute Gasteiger partial charge is 0.319 e. The maximum Gasteiger partial charge on any atom is 0.00129 e. The number of hydrogen-bond donors (Lipinski definition) is 1. The molecular weight excluding hydrogens is 148 g/mol. The number of nitrogens with one attached hydrogen (secondary N) is 1. The Balaban J connectivity index is 1.62. The summed E-state index contributed by atoms with van der Waals surface area (Å²) in [5, 5.41) is 3.27. The third-order valence-corrected chi connectivity index (χ3v) is 3.23. The van der Waals surface area contributed by atoms with Crippen LogP contribution in [0.3, 0.4) is 0 Å². The number of likely N-dealkylation sites (tertiary alicyclic amines) is 1. The van der Waals surface area contributed by atoms with Gasteiger partial charge in [-0.25, -0.2) is 0 Å². The molecule has 1 saturated heterocycles. The summed E-state index contributed by atoms with van der Waals surface area (Å²) in [6.45, 7) is 5.34. The van der Waals surface area contributed by atoms with Crippen LogP contribution in [0, 0.1) is 11.8 Å². The second-order valence-corrected chi connectivity index (χ2v) is 4.32. The average molecular weight is 168 g/mol. The average Bonchev–Trinajstić information content (AvgIpc) is 2.62. The summed E-state index contributed by atoms with van der Waals surface area (Å²) in [4.78, 5) is 2.64. The van der Waals surface area contributed by atoms with Gasteiger partial charge in [0.2, 0.25) is 0 Å². The quantitative estimate of drug-likeness (QED) is 0.672. The van der Waals surface area contributed by atoms with Gasteiger partial charge in [-0.05, 0) is 57.8 Å². The summed E-state index contributed by atoms with van der Waals surface area (Å²) in [7, 11) is 2.06. The van der Waals surface area contributed by atoms with Gasteiger partial charge in [-0.15, -0.1) is 0 Å². The summed E-state index contributed by atoms with van der Waals surface area (Å²) < 4.78 is 0. The van der Waals surface area contributed by atoms with Crippen molar-refractivity contribution in [3.8, 4) is 0 Å². The minimum Gasteiger partial charge on any atom is -0.319 e. The van der Waals surface area contributed by atoms with Gasteiger partial charge in [-0.3, -0.25) is 0 Å². The molecule has 2 nitrogen and oxygen atoms in total. The first-order chi connectivity index (χ1) is 5.90. The molecule has 0 aromatic carbocycles. The van der Waals surface area contributed by atoms with E-state index in [0.29, 0.717) is 0 Å². The van der Waals surface area contributed by atoms with Crippen LogP contribution in [0.25, 0.3) is 0 Å². The molecule has 1 aliphatic heterocycles. The molecule has 1 aliphatic carbocycles. The van der Waals surface area contributed by atoms with Gasteiger partial charge < -0.3 is 10.2 Å². The second kappa shape index (κ2) is 3.75. The fraction of sp³-hybridized carbons (Fsp3) is 1.00. The lowest BCUT2D eigenvalue weighted by atomic mass is 10.3. The summed E-state index contributed by atoms with van der Waals surface area (Å²) in [5.74, 6) is 2.02. The topological polar surface area (TPSA) is 15.3 Å². The Bertz CT molecular complexity index is 141. The van der Waals surface area contributed by atoms with E-state index < -0.39 is 0 Å². The molecule has 0 aromatic heterocycles. The van der Waals surface area contributed by atoms with Crippen molar-refractivity contribution in [3.63, 3.8) is 0 Å². The van der Waals surface area contributed by atoms with E-state index in [9.17, 15) is 0 Å². The summed E-state index contributed by atoms with van der Waals surface area (Å²) in [6, 6.07) is 0. The Morgan fingerprint density at radius 3 is 2.67 bits per heavy atom. The number of rotatable bonds is 4. The Morgan fingerprint density at radius 1 is 1.25 bits per heavy atom. The molecule has 70 valence electrons. The molecule has 2 heteroatoms. The van der Waals surface area contributed by atoms with E-state index in [1.165, 1.54) is 45.4 Å². The molecule has 0 amide bonds. The van der Waals surface area contributed by atoms with Crippen molar-refractivity contribution in [3.05, 3.63) is 0 Å². The van der Waals surface area contributed by atoms with Crippen LogP contribution in [-0.4, -0.2) is 38.1 Å². The lowest BCUT2D eigenvalue weighted by molar-refractivity contribution is 0.316. The monoisotopic (exact) mass is 168 g/mol. The highest BCUT2D eigenvalue weighted by Gasteiger charge is 2.37. The normalized spacial score (nSPS) is 35.8. The smallest absolute Gasteiger partial charge is 0.00129 e. The maximum absolute atomic E-state index is 3.27. The first kappa shape index (κ1) is 8.52. The molecule has 0 bridgehead atoms. The van der Waals surface area contributed by atoms with Crippen LogP contribution >= 0.6 is 0 Å². The summed E-state index contributed by atoms with van der Waals surface area (Å²) >= 11 is 0. The Labute approximate surface area is 75.3 Å². The van der Waals surface area contributed by atoms with Gasteiger partial charge >= 0.3 is 0 Å². The van der Waals surface area contributed by atoms with Gasteiger partial charge in [-0.2, -0.15) is 0 Å². The zero-order valence-corrected chi connectivity index (χ0v) is 8.05. The molecule has 0 aromatic rings. The van der Waals surface area contributed by atoms with Crippen molar-refractivity contribution in [1.82, 2.24) is 10.2 Å². The van der Waals surface area contributed by atoms with Gasteiger partial charge in [0.1, 0.15) is 0 Å². The first-order valence-electron chi connectivity index (χ1n) is 5.27. The Hall–Kier alpha value is -0.0800. The molecule has 1 heterocycles. The SMILES string of the molecule is CNCC1CC1CN1CCCC1. The van der Waals surface area contributed by atoms with E-state index in [-0.39, 0.29) is 0 Å². The van der Waals surface area contributed by atoms with E-state index in [2.05, 4.69) is 17.3 Å². The third kappa shape index (κ3) is 1.99. The second-order valence-electron chi connectivity index (χ2n) is 4.32. The first-order valence-corrected chi connectivity index (χ1v) is 5.27. The van der Waals surface area contributed by atoms with Crippen molar-refractivity contribution >= 4 is 0 Å². The zero-order valence-electron chi connectivity index (χ0n) is 8.05. The standard InChI is InChI=1S/C10H20N2/c1-11-7-9-6-10(9)8-12-4-2-3-5-12/h9-11H,2-8H2,1H3. The lowest BCUT2D eigenvalue weighted by Crippen LogP contribution is -2.23. The van der Waals surface area contributed by atoms with Crippen LogP contribution in [-0.2, 0) is 0 Å². The summed E-state index contributed by atoms with van der Waals surface area (Å²) in [6.07, 6.45) is 4.34. The molecule has 1 N–H and O–H groups in total. The van der Waals surface area contributed by atoms with Crippen molar-refractivity contribution in [2.45, 2.75) is 19.3 Å². The van der Waals surface area contributed by atoms with E-state index in [0.717, 1.165) is 11.8 Å². The predicted octanol–water partition coefficient (Wildman–Crippen LogP) is 0.938. The fourth-order valence-corrected chi connectivity index (χ4v) is 2.34. The van der Waals surface area contributed by atoms with E-state index >= 15 is 0 Å². The molecule has 2 unspecified atom stereocenters. The highest BCUT2D eigenvalue weighted by atomic mass is 15.1. The van der Waals surface area contributed by atoms with Gasteiger partial charge in [0.05, 0.1) is 0 Å². The maximum atomic E-state index is 3.27. The molecule has 2 rings (SSSR count). The number of hydrogen-bond acceptors (Lipinski definition) is 2. The van der Waals surface area contributed by atoms with Crippen molar-refractivity contribution in [2.75, 3.05) is 33.2 Å². The lowest BCUT2D eigenvalue weighted by Gasteiger charge is -2.13. The van der Waals surface area contributed by atoms with Gasteiger partial charge in [0, 0.05) is 6.54 Å². The van der Waals surface area contributed by atoms with Crippen LogP contribution in [0.4, 0.5) is 0 Å². The van der Waals surface area contributed by atoms with Crippen molar-refractivity contribution in [1.29, 1.82) is 0 Å². The van der Waals surface area contributed by atoms with E-state index in [1.54, 1.807) is 0 Å². The molecule has 2 aliphatic rings. The Morgan fingerprint density at radius 2 is 2.00 bits per heavy atom. The van der Waals surface area contributed by atoms with Crippen LogP contribution in [0.15, 0.2) is 0 Å². The molecule has 1 saturated carbocycles. The van der Waals surface area contributed by atoms with Crippen molar-refractivity contribution < 1.29 is 0 Å². The van der Waals surface area contributed by atoms with Crippen LogP contribution in [0.2, 0.25) is 0 Å². The molecule has 2 fully saturated rings. The predicted molar refractivity (Wildman–Crippen MR) is 51.2 cm³/mol. The molecule has 0 spiro atoms. The minimum absolute atomic E-state index is 0.996. The number of nitrogens with zero attached hydrogens (tertiary/aromatic N) is 1. The fourth-order valence-electron chi connectivity index (χ4n) is 2.34. The third-order valence-electron chi connectivity index (χ3n) is 3.23. The zero-order chi connectivity index (χ0) is 8.39. The van der Waals surface area contributed by atoms with Crippen LogP contribution in [0.1, 0.15) is 19.3 Å². The Kier molecular flexibility index (Phi) is 2.66. The van der Waals surface area contributed by atoms with Gasteiger partial charge in [0.15, 0.2) is 0 Å². The van der Waals surface area contributed by atoms with Crippen LogP contribution < -0.4 is 5.32 Å². The summed E-state index contributed by atoms with van der Waals surface area (Å²) in [5.41, 5.74) is 0. The minimum atomic E-state index is 0.996. The van der Waals surface area contributed by atoms with Crippen molar-refractivity contribution in [2.24, 2.45) is 11.8 Å². The highest BCUT2D eigenvalue weighted by Crippen LogP contribution is 2.38.